The van der Waals surface area contributed by atoms with Crippen molar-refractivity contribution in [1.82, 2.24) is 15.5 Å². The van der Waals surface area contributed by atoms with Crippen molar-refractivity contribution in [1.29, 1.82) is 0 Å². The Morgan fingerprint density at radius 1 is 1.29 bits per heavy atom. The first-order valence-electron chi connectivity index (χ1n) is 10.1. The van der Waals surface area contributed by atoms with Gasteiger partial charge in [-0.1, -0.05) is 23.7 Å². The van der Waals surface area contributed by atoms with Crippen LogP contribution in [0.3, 0.4) is 0 Å². The highest BCUT2D eigenvalue weighted by Gasteiger charge is 2.34. The van der Waals surface area contributed by atoms with E-state index in [1.54, 1.807) is 7.11 Å². The van der Waals surface area contributed by atoms with E-state index in [2.05, 4.69) is 39.7 Å². The van der Waals surface area contributed by atoms with Crippen molar-refractivity contribution in [2.24, 2.45) is 4.99 Å². The van der Waals surface area contributed by atoms with Crippen molar-refractivity contribution in [2.75, 3.05) is 67.2 Å². The smallest absolute Gasteiger partial charge is 0.191 e. The highest BCUT2D eigenvalue weighted by molar-refractivity contribution is 6.30. The molecule has 0 saturated carbocycles. The quantitative estimate of drug-likeness (QED) is 0.352. The number of nitrogens with zero attached hydrogens (tertiary/aromatic N) is 2. The van der Waals surface area contributed by atoms with Gasteiger partial charge in [-0.05, 0) is 44.0 Å². The summed E-state index contributed by atoms with van der Waals surface area (Å²) >= 11 is 6.26. The summed E-state index contributed by atoms with van der Waals surface area (Å²) < 4.78 is 10.7. The van der Waals surface area contributed by atoms with Crippen LogP contribution in [0, 0.1) is 0 Å². The molecule has 2 N–H and O–H groups in total. The summed E-state index contributed by atoms with van der Waals surface area (Å²) in [4.78, 5) is 6.68. The van der Waals surface area contributed by atoms with Crippen LogP contribution in [0.1, 0.15) is 24.8 Å². The molecule has 28 heavy (non-hydrogen) atoms. The summed E-state index contributed by atoms with van der Waals surface area (Å²) in [5, 5.41) is 7.72. The number of ether oxygens (including phenoxy) is 2. The van der Waals surface area contributed by atoms with E-state index in [4.69, 9.17) is 21.1 Å². The Morgan fingerprint density at radius 3 is 2.75 bits per heavy atom. The van der Waals surface area contributed by atoms with Crippen LogP contribution in [-0.4, -0.2) is 78.1 Å². The Balaban J connectivity index is 1.87. The number of halogens is 1. The van der Waals surface area contributed by atoms with E-state index in [9.17, 15) is 0 Å². The van der Waals surface area contributed by atoms with Gasteiger partial charge in [-0.2, -0.15) is 0 Å². The molecule has 0 bridgehead atoms. The largest absolute Gasteiger partial charge is 0.385 e. The lowest BCUT2D eigenvalue weighted by molar-refractivity contribution is 0.0514. The van der Waals surface area contributed by atoms with Gasteiger partial charge in [0.25, 0.3) is 0 Å². The van der Waals surface area contributed by atoms with Crippen LogP contribution in [-0.2, 0) is 14.9 Å². The molecule has 6 nitrogen and oxygen atoms in total. The maximum Gasteiger partial charge on any atom is 0.191 e. The zero-order valence-electron chi connectivity index (χ0n) is 17.5. The number of rotatable bonds is 10. The molecule has 0 unspecified atom stereocenters. The number of guanidine groups is 1. The molecular formula is C21H35ClN4O2. The van der Waals surface area contributed by atoms with Gasteiger partial charge in [-0.3, -0.25) is 4.99 Å². The summed E-state index contributed by atoms with van der Waals surface area (Å²) in [7, 11) is 5.68. The SMILES string of the molecule is CN=C(NCCN(C)CCCOC)NCC1(c2cccc(Cl)c2)CCOCC1. The molecule has 158 valence electrons. The predicted molar refractivity (Wildman–Crippen MR) is 117 cm³/mol. The zero-order chi connectivity index (χ0) is 20.2. The van der Waals surface area contributed by atoms with Crippen LogP contribution in [0.2, 0.25) is 5.02 Å². The van der Waals surface area contributed by atoms with Gasteiger partial charge in [0.15, 0.2) is 5.96 Å². The lowest BCUT2D eigenvalue weighted by atomic mass is 9.74. The Hall–Kier alpha value is -1.34. The number of nitrogens with one attached hydrogen (secondary N) is 2. The van der Waals surface area contributed by atoms with Crippen molar-refractivity contribution >= 4 is 17.6 Å². The lowest BCUT2D eigenvalue weighted by Crippen LogP contribution is -2.49. The molecule has 0 atom stereocenters. The molecule has 1 aliphatic rings. The molecule has 1 aromatic carbocycles. The molecule has 1 saturated heterocycles. The first-order chi connectivity index (χ1) is 13.6. The molecule has 0 aliphatic carbocycles. The third kappa shape index (κ3) is 7.24. The minimum absolute atomic E-state index is 0.0116. The number of methoxy groups -OCH3 is 1. The fraction of sp³-hybridized carbons (Fsp3) is 0.667. The Kier molecular flexibility index (Phi) is 10.1. The average Bonchev–Trinajstić information content (AvgIpc) is 2.71. The summed E-state index contributed by atoms with van der Waals surface area (Å²) in [5.74, 6) is 0.832. The molecule has 1 aromatic rings. The first-order valence-corrected chi connectivity index (χ1v) is 10.4. The second kappa shape index (κ2) is 12.3. The minimum Gasteiger partial charge on any atom is -0.385 e. The normalized spacial score (nSPS) is 17.0. The number of likely N-dealkylation sites (N-methyl/N-ethyl adjacent to an activating group) is 1. The van der Waals surface area contributed by atoms with E-state index in [-0.39, 0.29) is 5.41 Å². The van der Waals surface area contributed by atoms with Gasteiger partial charge < -0.3 is 25.0 Å². The van der Waals surface area contributed by atoms with Gasteiger partial charge in [-0.15, -0.1) is 0 Å². The Bertz CT molecular complexity index is 606. The van der Waals surface area contributed by atoms with Gasteiger partial charge in [0.2, 0.25) is 0 Å². The van der Waals surface area contributed by atoms with Crippen LogP contribution in [0.15, 0.2) is 29.3 Å². The molecule has 2 rings (SSSR count). The van der Waals surface area contributed by atoms with Crippen LogP contribution in [0.5, 0.6) is 0 Å². The third-order valence-corrected chi connectivity index (χ3v) is 5.61. The average molecular weight is 411 g/mol. The highest BCUT2D eigenvalue weighted by Crippen LogP contribution is 2.35. The standard InChI is InChI=1S/C21H35ClN4O2/c1-23-20(24-10-12-26(2)11-5-13-27-3)25-17-21(8-14-28-15-9-21)18-6-4-7-19(22)16-18/h4,6-7,16H,5,8-15,17H2,1-3H3,(H2,23,24,25). The van der Waals surface area contributed by atoms with Gasteiger partial charge >= 0.3 is 0 Å². The molecular weight excluding hydrogens is 376 g/mol. The molecule has 7 heteroatoms. The summed E-state index contributed by atoms with van der Waals surface area (Å²) in [6.45, 7) is 5.98. The van der Waals surface area contributed by atoms with E-state index in [1.165, 1.54) is 5.56 Å². The summed E-state index contributed by atoms with van der Waals surface area (Å²) in [6.07, 6.45) is 2.99. The number of hydrogen-bond donors (Lipinski definition) is 2. The summed E-state index contributed by atoms with van der Waals surface area (Å²) in [5.41, 5.74) is 1.28. The van der Waals surface area contributed by atoms with Gasteiger partial charge in [0.05, 0.1) is 0 Å². The van der Waals surface area contributed by atoms with Crippen molar-refractivity contribution in [2.45, 2.75) is 24.7 Å². The van der Waals surface area contributed by atoms with Crippen molar-refractivity contribution in [3.05, 3.63) is 34.9 Å². The lowest BCUT2D eigenvalue weighted by Gasteiger charge is -2.38. The molecule has 0 radical (unpaired) electrons. The Morgan fingerprint density at radius 2 is 2.07 bits per heavy atom. The maximum absolute atomic E-state index is 6.26. The zero-order valence-corrected chi connectivity index (χ0v) is 18.2. The second-order valence-electron chi connectivity index (χ2n) is 7.41. The molecule has 0 spiro atoms. The first kappa shape index (κ1) is 22.9. The number of hydrogen-bond acceptors (Lipinski definition) is 4. The monoisotopic (exact) mass is 410 g/mol. The molecule has 0 aromatic heterocycles. The van der Waals surface area contributed by atoms with Crippen LogP contribution in [0.4, 0.5) is 0 Å². The molecule has 1 heterocycles. The van der Waals surface area contributed by atoms with Crippen molar-refractivity contribution in [3.8, 4) is 0 Å². The van der Waals surface area contributed by atoms with E-state index in [1.807, 2.05) is 19.2 Å². The van der Waals surface area contributed by atoms with Crippen LogP contribution in [0.25, 0.3) is 0 Å². The van der Waals surface area contributed by atoms with E-state index >= 15 is 0 Å². The maximum atomic E-state index is 6.26. The summed E-state index contributed by atoms with van der Waals surface area (Å²) in [6, 6.07) is 8.21. The number of aliphatic imine (C=N–C) groups is 1. The van der Waals surface area contributed by atoms with Gasteiger partial charge in [0, 0.05) is 70.6 Å². The van der Waals surface area contributed by atoms with E-state index < -0.39 is 0 Å². The van der Waals surface area contributed by atoms with Crippen LogP contribution < -0.4 is 10.6 Å². The van der Waals surface area contributed by atoms with Crippen LogP contribution >= 0.6 is 11.6 Å². The fourth-order valence-corrected chi connectivity index (χ4v) is 3.77. The third-order valence-electron chi connectivity index (χ3n) is 5.38. The molecule has 1 fully saturated rings. The highest BCUT2D eigenvalue weighted by atomic mass is 35.5. The van der Waals surface area contributed by atoms with Crippen molar-refractivity contribution in [3.63, 3.8) is 0 Å². The predicted octanol–water partition coefficient (Wildman–Crippen LogP) is 2.52. The van der Waals surface area contributed by atoms with E-state index in [0.29, 0.717) is 0 Å². The topological polar surface area (TPSA) is 58.1 Å². The Labute approximate surface area is 174 Å². The minimum atomic E-state index is 0.0116. The van der Waals surface area contributed by atoms with Gasteiger partial charge in [0.1, 0.15) is 0 Å². The fourth-order valence-electron chi connectivity index (χ4n) is 3.58. The van der Waals surface area contributed by atoms with Crippen molar-refractivity contribution < 1.29 is 9.47 Å². The van der Waals surface area contributed by atoms with E-state index in [0.717, 1.165) is 76.2 Å². The molecule has 1 aliphatic heterocycles. The number of benzene rings is 1. The second-order valence-corrected chi connectivity index (χ2v) is 7.84. The van der Waals surface area contributed by atoms with Gasteiger partial charge in [-0.25, -0.2) is 0 Å². The molecule has 0 amide bonds.